The zero-order valence-electron chi connectivity index (χ0n) is 13.3. The van der Waals surface area contributed by atoms with Crippen molar-refractivity contribution in [2.24, 2.45) is 0 Å². The number of ether oxygens (including phenoxy) is 2. The van der Waals surface area contributed by atoms with Crippen LogP contribution >= 0.6 is 0 Å². The van der Waals surface area contributed by atoms with Crippen molar-refractivity contribution >= 4 is 6.03 Å². The molecule has 0 aromatic carbocycles. The molecule has 0 bridgehead atoms. The SMILES string of the molecule is C=C(C)COCCNC(=O)N[C@H]1CC(C)(C)OC1(C)C. The van der Waals surface area contributed by atoms with Crippen LogP contribution in [0.1, 0.15) is 41.0 Å². The maximum atomic E-state index is 11.8. The van der Waals surface area contributed by atoms with E-state index in [9.17, 15) is 4.79 Å². The third kappa shape index (κ3) is 5.51. The van der Waals surface area contributed by atoms with Crippen LogP contribution in [0.2, 0.25) is 0 Å². The summed E-state index contributed by atoms with van der Waals surface area (Å²) < 4.78 is 11.3. The molecule has 0 unspecified atom stereocenters. The lowest BCUT2D eigenvalue weighted by atomic mass is 9.95. The van der Waals surface area contributed by atoms with Crippen molar-refractivity contribution in [3.63, 3.8) is 0 Å². The molecule has 1 aliphatic rings. The number of hydrogen-bond donors (Lipinski definition) is 2. The van der Waals surface area contributed by atoms with Crippen molar-refractivity contribution in [1.29, 1.82) is 0 Å². The molecule has 2 amide bonds. The van der Waals surface area contributed by atoms with Gasteiger partial charge >= 0.3 is 6.03 Å². The van der Waals surface area contributed by atoms with Gasteiger partial charge in [-0.1, -0.05) is 12.2 Å². The van der Waals surface area contributed by atoms with E-state index >= 15 is 0 Å². The minimum Gasteiger partial charge on any atom is -0.375 e. The van der Waals surface area contributed by atoms with E-state index in [0.717, 1.165) is 12.0 Å². The highest BCUT2D eigenvalue weighted by molar-refractivity contribution is 5.74. The molecule has 0 spiro atoms. The molecular formula is C15H28N2O3. The maximum Gasteiger partial charge on any atom is 0.315 e. The van der Waals surface area contributed by atoms with Gasteiger partial charge in [0.1, 0.15) is 0 Å². The Morgan fingerprint density at radius 2 is 2.05 bits per heavy atom. The molecule has 2 N–H and O–H groups in total. The van der Waals surface area contributed by atoms with Crippen molar-refractivity contribution in [2.75, 3.05) is 19.8 Å². The van der Waals surface area contributed by atoms with E-state index in [4.69, 9.17) is 9.47 Å². The number of urea groups is 1. The maximum absolute atomic E-state index is 11.8. The molecule has 0 aromatic rings. The number of amides is 2. The van der Waals surface area contributed by atoms with E-state index in [1.165, 1.54) is 0 Å². The van der Waals surface area contributed by atoms with Crippen molar-refractivity contribution < 1.29 is 14.3 Å². The zero-order valence-corrected chi connectivity index (χ0v) is 13.3. The van der Waals surface area contributed by atoms with E-state index < -0.39 is 0 Å². The van der Waals surface area contributed by atoms with E-state index in [1.807, 2.05) is 34.6 Å². The number of carbonyl (C=O) groups excluding carboxylic acids is 1. The lowest BCUT2D eigenvalue weighted by Gasteiger charge is -2.27. The van der Waals surface area contributed by atoms with Crippen LogP contribution in [0.4, 0.5) is 4.79 Å². The molecule has 5 heteroatoms. The molecule has 0 saturated carbocycles. The van der Waals surface area contributed by atoms with Gasteiger partial charge in [-0.05, 0) is 41.0 Å². The van der Waals surface area contributed by atoms with Gasteiger partial charge in [-0.3, -0.25) is 0 Å². The highest BCUT2D eigenvalue weighted by Crippen LogP contribution is 2.37. The average molecular weight is 284 g/mol. The van der Waals surface area contributed by atoms with Gasteiger partial charge in [0, 0.05) is 6.54 Å². The number of hydrogen-bond acceptors (Lipinski definition) is 3. The van der Waals surface area contributed by atoms with Gasteiger partial charge < -0.3 is 20.1 Å². The van der Waals surface area contributed by atoms with Crippen LogP contribution in [0.3, 0.4) is 0 Å². The standard InChI is InChI=1S/C15H28N2O3/c1-11(2)10-19-8-7-16-13(18)17-12-9-14(3,4)20-15(12,5)6/h12H,1,7-10H2,2-6H3,(H2,16,17,18)/t12-/m0/s1. The molecule has 5 nitrogen and oxygen atoms in total. The fourth-order valence-electron chi connectivity index (χ4n) is 2.48. The Bertz CT molecular complexity index is 364. The Morgan fingerprint density at radius 3 is 2.55 bits per heavy atom. The first-order valence-electron chi connectivity index (χ1n) is 7.09. The van der Waals surface area contributed by atoms with Gasteiger partial charge in [0.15, 0.2) is 0 Å². The summed E-state index contributed by atoms with van der Waals surface area (Å²) in [5.41, 5.74) is 0.421. The molecule has 1 heterocycles. The van der Waals surface area contributed by atoms with Gasteiger partial charge in [0.2, 0.25) is 0 Å². The van der Waals surface area contributed by atoms with Gasteiger partial charge in [-0.25, -0.2) is 4.79 Å². The normalized spacial score (nSPS) is 23.4. The molecule has 1 saturated heterocycles. The second-order valence-corrected chi connectivity index (χ2v) is 6.63. The van der Waals surface area contributed by atoms with Crippen LogP contribution in [0.25, 0.3) is 0 Å². The number of nitrogens with one attached hydrogen (secondary N) is 2. The van der Waals surface area contributed by atoms with Crippen LogP contribution in [0.5, 0.6) is 0 Å². The second-order valence-electron chi connectivity index (χ2n) is 6.63. The molecule has 0 aromatic heterocycles. The molecule has 0 aliphatic carbocycles. The molecule has 20 heavy (non-hydrogen) atoms. The first-order valence-corrected chi connectivity index (χ1v) is 7.09. The van der Waals surface area contributed by atoms with Crippen LogP contribution < -0.4 is 10.6 Å². The van der Waals surface area contributed by atoms with Gasteiger partial charge in [-0.15, -0.1) is 0 Å². The second kappa shape index (κ2) is 6.59. The fourth-order valence-corrected chi connectivity index (χ4v) is 2.48. The molecule has 1 atom stereocenters. The third-order valence-electron chi connectivity index (χ3n) is 3.26. The molecular weight excluding hydrogens is 256 g/mol. The summed E-state index contributed by atoms with van der Waals surface area (Å²) in [7, 11) is 0. The first kappa shape index (κ1) is 17.0. The summed E-state index contributed by atoms with van der Waals surface area (Å²) in [6, 6.07) is -0.169. The van der Waals surface area contributed by atoms with E-state index in [0.29, 0.717) is 19.8 Å². The fraction of sp³-hybridized carbons (Fsp3) is 0.800. The molecule has 1 rings (SSSR count). The summed E-state index contributed by atoms with van der Waals surface area (Å²) in [4.78, 5) is 11.8. The van der Waals surface area contributed by atoms with Crippen molar-refractivity contribution in [1.82, 2.24) is 10.6 Å². The van der Waals surface area contributed by atoms with E-state index in [-0.39, 0.29) is 23.3 Å². The van der Waals surface area contributed by atoms with Crippen LogP contribution in [-0.4, -0.2) is 43.0 Å². The van der Waals surface area contributed by atoms with Crippen molar-refractivity contribution in [2.45, 2.75) is 58.3 Å². The minimum absolute atomic E-state index is 0.00818. The predicted molar refractivity (Wildman–Crippen MR) is 79.8 cm³/mol. The van der Waals surface area contributed by atoms with E-state index in [1.54, 1.807) is 0 Å². The van der Waals surface area contributed by atoms with E-state index in [2.05, 4.69) is 17.2 Å². The summed E-state index contributed by atoms with van der Waals surface area (Å²) in [6.45, 7) is 15.2. The molecule has 1 aliphatic heterocycles. The topological polar surface area (TPSA) is 59.6 Å². The summed E-state index contributed by atoms with van der Waals surface area (Å²) in [5, 5.41) is 5.76. The van der Waals surface area contributed by atoms with Crippen molar-refractivity contribution in [3.05, 3.63) is 12.2 Å². The highest BCUT2D eigenvalue weighted by Gasteiger charge is 2.46. The largest absolute Gasteiger partial charge is 0.375 e. The lowest BCUT2D eigenvalue weighted by Crippen LogP contribution is -2.50. The lowest BCUT2D eigenvalue weighted by molar-refractivity contribution is -0.0690. The number of rotatable bonds is 6. The van der Waals surface area contributed by atoms with Crippen LogP contribution in [0.15, 0.2) is 12.2 Å². The Balaban J connectivity index is 2.27. The highest BCUT2D eigenvalue weighted by atomic mass is 16.5. The average Bonchev–Trinajstić information content (AvgIpc) is 2.45. The van der Waals surface area contributed by atoms with Crippen LogP contribution in [0, 0.1) is 0 Å². The van der Waals surface area contributed by atoms with Gasteiger partial charge in [-0.2, -0.15) is 0 Å². The van der Waals surface area contributed by atoms with Crippen LogP contribution in [-0.2, 0) is 9.47 Å². The molecule has 116 valence electrons. The molecule has 1 fully saturated rings. The smallest absolute Gasteiger partial charge is 0.315 e. The Kier molecular flexibility index (Phi) is 5.59. The monoisotopic (exact) mass is 284 g/mol. The number of carbonyl (C=O) groups is 1. The summed E-state index contributed by atoms with van der Waals surface area (Å²) >= 11 is 0. The minimum atomic E-state index is -0.350. The van der Waals surface area contributed by atoms with Crippen molar-refractivity contribution in [3.8, 4) is 0 Å². The Hall–Kier alpha value is -1.07. The quantitative estimate of drug-likeness (QED) is 0.581. The Labute approximate surface area is 122 Å². The zero-order chi connectivity index (χ0) is 15.4. The first-order chi connectivity index (χ1) is 9.12. The van der Waals surface area contributed by atoms with Gasteiger partial charge in [0.05, 0.1) is 30.5 Å². The Morgan fingerprint density at radius 1 is 1.40 bits per heavy atom. The predicted octanol–water partition coefficient (Wildman–Crippen LogP) is 2.22. The van der Waals surface area contributed by atoms with Gasteiger partial charge in [0.25, 0.3) is 0 Å². The summed E-state index contributed by atoms with van der Waals surface area (Å²) in [5.74, 6) is 0. The summed E-state index contributed by atoms with van der Waals surface area (Å²) in [6.07, 6.45) is 0.805. The third-order valence-corrected chi connectivity index (χ3v) is 3.26. The molecule has 0 radical (unpaired) electrons.